The van der Waals surface area contributed by atoms with Gasteiger partial charge in [0.25, 0.3) is 0 Å². The summed E-state index contributed by atoms with van der Waals surface area (Å²) in [6.45, 7) is 0. The maximum absolute atomic E-state index is 13.3. The van der Waals surface area contributed by atoms with Gasteiger partial charge >= 0.3 is 0 Å². The maximum atomic E-state index is 13.3. The van der Waals surface area contributed by atoms with Crippen LogP contribution >= 0.6 is 11.3 Å². The molecule has 0 saturated heterocycles. The first kappa shape index (κ1) is 13.7. The van der Waals surface area contributed by atoms with Gasteiger partial charge in [-0.3, -0.25) is 4.79 Å². The predicted molar refractivity (Wildman–Crippen MR) is 72.2 cm³/mol. The highest BCUT2D eigenvalue weighted by Gasteiger charge is 2.08. The van der Waals surface area contributed by atoms with Crippen molar-refractivity contribution in [2.45, 2.75) is 19.3 Å². The van der Waals surface area contributed by atoms with Crippen LogP contribution in [0.1, 0.15) is 17.7 Å². The first-order valence-electron chi connectivity index (χ1n) is 5.92. The third-order valence-corrected chi connectivity index (χ3v) is 3.55. The standard InChI is InChI=1S/C14H13F2NOS/c15-10-6-7-13(12(16)9-10)17-14(18)5-1-3-11-4-2-8-19-11/h2,4,6-9H,1,3,5H2,(H,17,18). The number of nitrogens with one attached hydrogen (secondary N) is 1. The zero-order valence-electron chi connectivity index (χ0n) is 10.2. The van der Waals surface area contributed by atoms with Crippen molar-refractivity contribution in [3.8, 4) is 0 Å². The lowest BCUT2D eigenvalue weighted by Gasteiger charge is -2.06. The van der Waals surface area contributed by atoms with E-state index >= 15 is 0 Å². The van der Waals surface area contributed by atoms with Gasteiger partial charge in [-0.25, -0.2) is 8.78 Å². The van der Waals surface area contributed by atoms with Crippen LogP contribution in [0.15, 0.2) is 35.7 Å². The van der Waals surface area contributed by atoms with E-state index in [9.17, 15) is 13.6 Å². The summed E-state index contributed by atoms with van der Waals surface area (Å²) in [5.74, 6) is -1.68. The summed E-state index contributed by atoms with van der Waals surface area (Å²) in [5.41, 5.74) is 0.0162. The normalized spacial score (nSPS) is 10.4. The Morgan fingerprint density at radius 2 is 2.11 bits per heavy atom. The van der Waals surface area contributed by atoms with Gasteiger partial charge in [0.15, 0.2) is 0 Å². The Morgan fingerprint density at radius 1 is 1.26 bits per heavy atom. The van der Waals surface area contributed by atoms with E-state index in [1.54, 1.807) is 11.3 Å². The molecule has 0 fully saturated rings. The molecule has 0 atom stereocenters. The van der Waals surface area contributed by atoms with Crippen molar-refractivity contribution in [2.24, 2.45) is 0 Å². The molecule has 1 aromatic carbocycles. The summed E-state index contributed by atoms with van der Waals surface area (Å²) >= 11 is 1.65. The lowest BCUT2D eigenvalue weighted by Crippen LogP contribution is -2.12. The second-order valence-corrected chi connectivity index (χ2v) is 5.14. The molecule has 0 bridgehead atoms. The van der Waals surface area contributed by atoms with Gasteiger partial charge in [-0.05, 0) is 36.4 Å². The summed E-state index contributed by atoms with van der Waals surface area (Å²) in [5, 5.41) is 4.43. The summed E-state index contributed by atoms with van der Waals surface area (Å²) in [7, 11) is 0. The lowest BCUT2D eigenvalue weighted by molar-refractivity contribution is -0.116. The van der Waals surface area contributed by atoms with Crippen LogP contribution in [-0.2, 0) is 11.2 Å². The van der Waals surface area contributed by atoms with E-state index in [1.165, 1.54) is 10.9 Å². The van der Waals surface area contributed by atoms with Crippen LogP contribution in [0.4, 0.5) is 14.5 Å². The van der Waals surface area contributed by atoms with Gasteiger partial charge in [0.1, 0.15) is 11.6 Å². The molecule has 0 aliphatic carbocycles. The third-order valence-electron chi connectivity index (χ3n) is 2.61. The van der Waals surface area contributed by atoms with Crippen LogP contribution in [0.25, 0.3) is 0 Å². The Morgan fingerprint density at radius 3 is 2.79 bits per heavy atom. The van der Waals surface area contributed by atoms with Crippen molar-refractivity contribution < 1.29 is 13.6 Å². The molecule has 0 radical (unpaired) electrons. The Kier molecular flexibility index (Phi) is 4.63. The number of amides is 1. The minimum atomic E-state index is -0.758. The molecule has 0 aliphatic rings. The Bertz CT molecular complexity index is 555. The van der Waals surface area contributed by atoms with Gasteiger partial charge in [-0.15, -0.1) is 11.3 Å². The van der Waals surface area contributed by atoms with Crippen molar-refractivity contribution in [3.05, 3.63) is 52.2 Å². The van der Waals surface area contributed by atoms with Gasteiger partial charge < -0.3 is 5.32 Å². The number of anilines is 1. The number of halogens is 2. The molecule has 19 heavy (non-hydrogen) atoms. The molecule has 1 N–H and O–H groups in total. The largest absolute Gasteiger partial charge is 0.324 e. The van der Waals surface area contributed by atoms with Gasteiger partial charge in [-0.1, -0.05) is 6.07 Å². The lowest BCUT2D eigenvalue weighted by atomic mass is 10.2. The molecule has 5 heteroatoms. The molecule has 1 aromatic heterocycles. The number of aryl methyl sites for hydroxylation is 1. The monoisotopic (exact) mass is 281 g/mol. The number of benzene rings is 1. The number of carbonyl (C=O) groups is 1. The van der Waals surface area contributed by atoms with E-state index < -0.39 is 11.6 Å². The molecule has 2 nitrogen and oxygen atoms in total. The molecule has 0 spiro atoms. The van der Waals surface area contributed by atoms with E-state index in [0.717, 1.165) is 18.6 Å². The molecule has 1 amide bonds. The molecule has 100 valence electrons. The van der Waals surface area contributed by atoms with E-state index in [1.807, 2.05) is 17.5 Å². The third kappa shape index (κ3) is 4.13. The quantitative estimate of drug-likeness (QED) is 0.882. The summed E-state index contributed by atoms with van der Waals surface area (Å²) in [6.07, 6.45) is 1.85. The van der Waals surface area contributed by atoms with E-state index in [0.29, 0.717) is 12.8 Å². The average molecular weight is 281 g/mol. The maximum Gasteiger partial charge on any atom is 0.224 e. The molecular formula is C14H13F2NOS. The van der Waals surface area contributed by atoms with Crippen LogP contribution in [0.3, 0.4) is 0 Å². The number of carbonyl (C=O) groups excluding carboxylic acids is 1. The van der Waals surface area contributed by atoms with E-state index in [4.69, 9.17) is 0 Å². The van der Waals surface area contributed by atoms with Crippen LogP contribution in [0, 0.1) is 11.6 Å². The fourth-order valence-electron chi connectivity index (χ4n) is 1.68. The van der Waals surface area contributed by atoms with Crippen LogP contribution in [0.5, 0.6) is 0 Å². The number of hydrogen-bond acceptors (Lipinski definition) is 2. The van der Waals surface area contributed by atoms with Crippen LogP contribution in [-0.4, -0.2) is 5.91 Å². The molecule has 0 aliphatic heterocycles. The molecule has 2 rings (SSSR count). The highest BCUT2D eigenvalue weighted by atomic mass is 32.1. The van der Waals surface area contributed by atoms with Crippen molar-refractivity contribution in [3.63, 3.8) is 0 Å². The van der Waals surface area contributed by atoms with Crippen molar-refractivity contribution >= 4 is 22.9 Å². The highest BCUT2D eigenvalue weighted by Crippen LogP contribution is 2.16. The Balaban J connectivity index is 1.80. The molecule has 2 aromatic rings. The van der Waals surface area contributed by atoms with E-state index in [2.05, 4.69) is 5.32 Å². The zero-order chi connectivity index (χ0) is 13.7. The first-order valence-corrected chi connectivity index (χ1v) is 6.80. The Hall–Kier alpha value is -1.75. The fraction of sp³-hybridized carbons (Fsp3) is 0.214. The van der Waals surface area contributed by atoms with Gasteiger partial charge in [0.2, 0.25) is 5.91 Å². The highest BCUT2D eigenvalue weighted by molar-refractivity contribution is 7.09. The molecule has 0 unspecified atom stereocenters. The summed E-state index contributed by atoms with van der Waals surface area (Å²) < 4.78 is 26.0. The van der Waals surface area contributed by atoms with Crippen LogP contribution in [0.2, 0.25) is 0 Å². The minimum Gasteiger partial charge on any atom is -0.324 e. The molecule has 0 saturated carbocycles. The molecule has 1 heterocycles. The van der Waals surface area contributed by atoms with Gasteiger partial charge in [0.05, 0.1) is 5.69 Å². The zero-order valence-corrected chi connectivity index (χ0v) is 11.0. The second-order valence-electron chi connectivity index (χ2n) is 4.11. The number of rotatable bonds is 5. The van der Waals surface area contributed by atoms with Gasteiger partial charge in [0, 0.05) is 17.4 Å². The SMILES string of the molecule is O=C(CCCc1cccs1)Nc1ccc(F)cc1F. The number of hydrogen-bond donors (Lipinski definition) is 1. The van der Waals surface area contributed by atoms with Crippen LogP contribution < -0.4 is 5.32 Å². The fourth-order valence-corrected chi connectivity index (χ4v) is 2.43. The second kappa shape index (κ2) is 6.43. The number of thiophene rings is 1. The molecular weight excluding hydrogens is 268 g/mol. The van der Waals surface area contributed by atoms with Gasteiger partial charge in [-0.2, -0.15) is 0 Å². The van der Waals surface area contributed by atoms with Crippen molar-refractivity contribution in [1.82, 2.24) is 0 Å². The minimum absolute atomic E-state index is 0.0162. The smallest absolute Gasteiger partial charge is 0.224 e. The summed E-state index contributed by atoms with van der Waals surface area (Å²) in [4.78, 5) is 12.8. The topological polar surface area (TPSA) is 29.1 Å². The predicted octanol–water partition coefficient (Wildman–Crippen LogP) is 3.99. The van der Waals surface area contributed by atoms with Crippen molar-refractivity contribution in [1.29, 1.82) is 0 Å². The first-order chi connectivity index (χ1) is 9.15. The average Bonchev–Trinajstić information content (AvgIpc) is 2.86. The van der Waals surface area contributed by atoms with E-state index in [-0.39, 0.29) is 11.6 Å². The van der Waals surface area contributed by atoms with Crippen molar-refractivity contribution in [2.75, 3.05) is 5.32 Å². The Labute approximate surface area is 114 Å². The summed E-state index contributed by atoms with van der Waals surface area (Å²) in [6, 6.07) is 7.07.